The van der Waals surface area contributed by atoms with Crippen LogP contribution in [0.5, 0.6) is 0 Å². The highest BCUT2D eigenvalue weighted by molar-refractivity contribution is 5.89. The molecule has 0 spiro atoms. The zero-order valence-corrected chi connectivity index (χ0v) is 10.4. The number of hydrogen-bond donors (Lipinski definition) is 4. The Morgan fingerprint density at radius 3 is 1.79 bits per heavy atom. The quantitative estimate of drug-likeness (QED) is 0.477. The van der Waals surface area contributed by atoms with Crippen molar-refractivity contribution in [2.45, 2.75) is 19.1 Å². The lowest BCUT2D eigenvalue weighted by Crippen LogP contribution is -2.23. The molecular weight excluding hydrogens is 252 g/mol. The van der Waals surface area contributed by atoms with Gasteiger partial charge in [-0.3, -0.25) is 0 Å². The van der Waals surface area contributed by atoms with Crippen molar-refractivity contribution in [3.63, 3.8) is 0 Å². The van der Waals surface area contributed by atoms with Gasteiger partial charge in [-0.2, -0.15) is 0 Å². The Bertz CT molecular complexity index is 420. The maximum Gasteiger partial charge on any atom is 0.328 e. The predicted molar refractivity (Wildman–Crippen MR) is 67.3 cm³/mol. The Morgan fingerprint density at radius 2 is 1.47 bits per heavy atom. The van der Waals surface area contributed by atoms with Crippen LogP contribution in [-0.2, 0) is 15.4 Å². The number of hydrogen-bond acceptors (Lipinski definition) is 4. The summed E-state index contributed by atoms with van der Waals surface area (Å²) < 4.78 is 0. The summed E-state index contributed by atoms with van der Waals surface area (Å²) in [6, 6.07) is 8.81. The first-order chi connectivity index (χ1) is 8.79. The minimum atomic E-state index is -1.67. The summed E-state index contributed by atoms with van der Waals surface area (Å²) in [7, 11) is 0. The molecule has 0 saturated carbocycles. The van der Waals surface area contributed by atoms with Crippen LogP contribution in [0.25, 0.3) is 0 Å². The fourth-order valence-electron chi connectivity index (χ4n) is 1.05. The van der Waals surface area contributed by atoms with Crippen molar-refractivity contribution in [2.24, 2.45) is 0 Å². The van der Waals surface area contributed by atoms with Gasteiger partial charge in [0, 0.05) is 24.1 Å². The molecule has 0 aliphatic heterocycles. The van der Waals surface area contributed by atoms with Crippen molar-refractivity contribution in [3.8, 4) is 0 Å². The molecular formula is C13H16O6. The van der Waals surface area contributed by atoms with Crippen molar-refractivity contribution in [1.29, 1.82) is 0 Å². The summed E-state index contributed by atoms with van der Waals surface area (Å²) in [4.78, 5) is 19.1. The lowest BCUT2D eigenvalue weighted by Gasteiger charge is -2.19. The van der Waals surface area contributed by atoms with E-state index in [9.17, 15) is 19.8 Å². The SMILES string of the molecule is CCC(O)(O)c1ccccc1.O=C(O)/C=C\C(=O)O. The number of carboxylic acid groups (broad SMARTS) is 2. The highest BCUT2D eigenvalue weighted by Crippen LogP contribution is 2.20. The number of aliphatic hydroxyl groups is 2. The van der Waals surface area contributed by atoms with E-state index in [2.05, 4.69) is 0 Å². The molecule has 104 valence electrons. The molecule has 0 radical (unpaired) electrons. The standard InChI is InChI=1S/C9H12O2.C4H4O4/c1-2-9(10,11)8-6-4-3-5-7-8;5-3(6)1-2-4(7)8/h3-7,10-11H,2H2,1H3;1-2H,(H,5,6)(H,7,8)/b;2-1-. The third-order valence-electron chi connectivity index (χ3n) is 2.10. The minimum Gasteiger partial charge on any atom is -0.478 e. The average Bonchev–Trinajstić information content (AvgIpc) is 2.38. The molecule has 0 atom stereocenters. The first-order valence-electron chi connectivity index (χ1n) is 5.43. The van der Waals surface area contributed by atoms with E-state index >= 15 is 0 Å². The van der Waals surface area contributed by atoms with Crippen molar-refractivity contribution < 1.29 is 30.0 Å². The number of benzene rings is 1. The van der Waals surface area contributed by atoms with E-state index in [-0.39, 0.29) is 0 Å². The van der Waals surface area contributed by atoms with E-state index in [0.29, 0.717) is 24.1 Å². The van der Waals surface area contributed by atoms with Crippen LogP contribution in [0.1, 0.15) is 18.9 Å². The summed E-state index contributed by atoms with van der Waals surface area (Å²) >= 11 is 0. The van der Waals surface area contributed by atoms with Gasteiger partial charge >= 0.3 is 11.9 Å². The molecule has 1 aromatic rings. The third-order valence-corrected chi connectivity index (χ3v) is 2.10. The molecule has 6 heteroatoms. The summed E-state index contributed by atoms with van der Waals surface area (Å²) in [5.74, 6) is -4.18. The van der Waals surface area contributed by atoms with Crippen LogP contribution >= 0.6 is 0 Å². The minimum absolute atomic E-state index is 0.303. The molecule has 0 heterocycles. The van der Waals surface area contributed by atoms with E-state index in [4.69, 9.17) is 10.2 Å². The fraction of sp³-hybridized carbons (Fsp3) is 0.231. The Balaban J connectivity index is 0.000000362. The van der Waals surface area contributed by atoms with Crippen LogP contribution in [0.15, 0.2) is 42.5 Å². The van der Waals surface area contributed by atoms with E-state index in [0.717, 1.165) is 0 Å². The largest absolute Gasteiger partial charge is 0.478 e. The second-order valence-corrected chi connectivity index (χ2v) is 3.55. The number of aliphatic carboxylic acids is 2. The van der Waals surface area contributed by atoms with Gasteiger partial charge in [0.15, 0.2) is 5.79 Å². The van der Waals surface area contributed by atoms with Crippen molar-refractivity contribution >= 4 is 11.9 Å². The molecule has 0 bridgehead atoms. The third kappa shape index (κ3) is 7.69. The predicted octanol–water partition coefficient (Wildman–Crippen LogP) is 0.946. The average molecular weight is 268 g/mol. The zero-order valence-electron chi connectivity index (χ0n) is 10.4. The highest BCUT2D eigenvalue weighted by Gasteiger charge is 2.21. The first kappa shape index (κ1) is 16.8. The molecule has 1 rings (SSSR count). The van der Waals surface area contributed by atoms with Crippen molar-refractivity contribution in [2.75, 3.05) is 0 Å². The molecule has 0 fully saturated rings. The van der Waals surface area contributed by atoms with Gasteiger partial charge in [-0.25, -0.2) is 9.59 Å². The van der Waals surface area contributed by atoms with Crippen LogP contribution in [-0.4, -0.2) is 32.4 Å². The Kier molecular flexibility index (Phi) is 7.10. The van der Waals surface area contributed by atoms with Crippen molar-refractivity contribution in [3.05, 3.63) is 48.0 Å². The first-order valence-corrected chi connectivity index (χ1v) is 5.43. The Hall–Kier alpha value is -2.18. The molecule has 0 unspecified atom stereocenters. The molecule has 0 aliphatic rings. The Morgan fingerprint density at radius 1 is 1.05 bits per heavy atom. The molecule has 19 heavy (non-hydrogen) atoms. The number of carboxylic acids is 2. The lowest BCUT2D eigenvalue weighted by atomic mass is 10.0. The van der Waals surface area contributed by atoms with Gasteiger partial charge < -0.3 is 20.4 Å². The second-order valence-electron chi connectivity index (χ2n) is 3.55. The van der Waals surface area contributed by atoms with E-state index < -0.39 is 17.7 Å². The van der Waals surface area contributed by atoms with Gasteiger partial charge in [0.2, 0.25) is 0 Å². The number of carbonyl (C=O) groups is 2. The lowest BCUT2D eigenvalue weighted by molar-refractivity contribution is -0.171. The van der Waals surface area contributed by atoms with Crippen LogP contribution < -0.4 is 0 Å². The molecule has 0 aliphatic carbocycles. The van der Waals surface area contributed by atoms with Gasteiger partial charge in [0.25, 0.3) is 0 Å². The van der Waals surface area contributed by atoms with Crippen LogP contribution in [0.4, 0.5) is 0 Å². The monoisotopic (exact) mass is 268 g/mol. The highest BCUT2D eigenvalue weighted by atomic mass is 16.5. The maximum absolute atomic E-state index is 9.55. The molecule has 6 nitrogen and oxygen atoms in total. The van der Waals surface area contributed by atoms with Gasteiger partial charge in [0.05, 0.1) is 0 Å². The summed E-state index contributed by atoms with van der Waals surface area (Å²) in [6.45, 7) is 1.73. The van der Waals surface area contributed by atoms with Gasteiger partial charge in [-0.15, -0.1) is 0 Å². The maximum atomic E-state index is 9.55. The summed E-state index contributed by atoms with van der Waals surface area (Å²) in [6.07, 6.45) is 1.42. The molecule has 4 N–H and O–H groups in total. The van der Waals surface area contributed by atoms with E-state index in [1.165, 1.54) is 0 Å². The van der Waals surface area contributed by atoms with E-state index in [1.807, 2.05) is 6.07 Å². The van der Waals surface area contributed by atoms with Gasteiger partial charge in [-0.05, 0) is 0 Å². The fourth-order valence-corrected chi connectivity index (χ4v) is 1.05. The van der Waals surface area contributed by atoms with Crippen LogP contribution in [0, 0.1) is 0 Å². The van der Waals surface area contributed by atoms with Gasteiger partial charge in [0.1, 0.15) is 0 Å². The smallest absolute Gasteiger partial charge is 0.328 e. The molecule has 0 aromatic heterocycles. The summed E-state index contributed by atoms with van der Waals surface area (Å²) in [5.41, 5.74) is 0.544. The molecule has 1 aromatic carbocycles. The second kappa shape index (κ2) is 8.02. The van der Waals surface area contributed by atoms with Crippen LogP contribution in [0.3, 0.4) is 0 Å². The Labute approximate surface area is 110 Å². The molecule has 0 saturated heterocycles. The van der Waals surface area contributed by atoms with E-state index in [1.54, 1.807) is 31.2 Å². The van der Waals surface area contributed by atoms with Crippen molar-refractivity contribution in [1.82, 2.24) is 0 Å². The van der Waals surface area contributed by atoms with Gasteiger partial charge in [-0.1, -0.05) is 37.3 Å². The number of rotatable bonds is 4. The molecule has 0 amide bonds. The summed E-state index contributed by atoms with van der Waals surface area (Å²) in [5, 5.41) is 34.3. The zero-order chi connectivity index (χ0) is 14.9. The van der Waals surface area contributed by atoms with Crippen LogP contribution in [0.2, 0.25) is 0 Å². The topological polar surface area (TPSA) is 115 Å². The normalized spacial score (nSPS) is 10.7.